The third-order valence-electron chi connectivity index (χ3n) is 4.24. The number of nitrogens with one attached hydrogen (secondary N) is 2. The van der Waals surface area contributed by atoms with Crippen LogP contribution in [0.2, 0.25) is 0 Å². The molecule has 0 aliphatic heterocycles. The van der Waals surface area contributed by atoms with Gasteiger partial charge in [-0.3, -0.25) is 9.59 Å². The second-order valence-electron chi connectivity index (χ2n) is 7.15. The number of hydrogen-bond acceptors (Lipinski definition) is 4. The lowest BCUT2D eigenvalue weighted by molar-refractivity contribution is -0.136. The van der Waals surface area contributed by atoms with Gasteiger partial charge in [0, 0.05) is 19.1 Å². The molecule has 1 rings (SSSR count). The summed E-state index contributed by atoms with van der Waals surface area (Å²) in [6, 6.07) is 9.16. The molecule has 1 aromatic carbocycles. The number of rotatable bonds is 11. The van der Waals surface area contributed by atoms with Crippen LogP contribution in [0.3, 0.4) is 0 Å². The second kappa shape index (κ2) is 11.6. The van der Waals surface area contributed by atoms with Crippen LogP contribution in [0.4, 0.5) is 0 Å². The Bertz CT molecular complexity index is 548. The van der Waals surface area contributed by atoms with Gasteiger partial charge in [0.1, 0.15) is 5.92 Å². The molecule has 0 aliphatic rings. The van der Waals surface area contributed by atoms with Gasteiger partial charge in [-0.1, -0.05) is 57.5 Å². The van der Waals surface area contributed by atoms with Crippen LogP contribution in [0.1, 0.15) is 45.6 Å². The predicted molar refractivity (Wildman–Crippen MR) is 103 cm³/mol. The molecular weight excluding hydrogens is 330 g/mol. The van der Waals surface area contributed by atoms with Crippen molar-refractivity contribution in [2.45, 2.75) is 58.7 Å². The van der Waals surface area contributed by atoms with Crippen molar-refractivity contribution in [3.05, 3.63) is 35.9 Å². The van der Waals surface area contributed by atoms with Crippen molar-refractivity contribution in [2.75, 3.05) is 6.54 Å². The third kappa shape index (κ3) is 7.97. The topological polar surface area (TPSA) is 104 Å². The van der Waals surface area contributed by atoms with Crippen molar-refractivity contribution in [2.24, 2.45) is 17.6 Å². The van der Waals surface area contributed by atoms with Crippen molar-refractivity contribution < 1.29 is 14.7 Å². The first-order valence-electron chi connectivity index (χ1n) is 9.38. The van der Waals surface area contributed by atoms with Gasteiger partial charge in [-0.15, -0.1) is 0 Å². The lowest BCUT2D eigenvalue weighted by Gasteiger charge is -2.22. The largest absolute Gasteiger partial charge is 0.390 e. The summed E-state index contributed by atoms with van der Waals surface area (Å²) >= 11 is 0. The first-order valence-corrected chi connectivity index (χ1v) is 9.38. The maximum atomic E-state index is 12.4. The number of hydrogen-bond donors (Lipinski definition) is 4. The molecule has 0 aromatic heterocycles. The van der Waals surface area contributed by atoms with Crippen LogP contribution >= 0.6 is 0 Å². The Morgan fingerprint density at radius 3 is 2.31 bits per heavy atom. The molecule has 0 radical (unpaired) electrons. The van der Waals surface area contributed by atoms with Crippen LogP contribution in [0.5, 0.6) is 0 Å². The standard InChI is InChI=1S/C20H33N3O3/c1-4-8-16(19(25)22-12-15-9-6-5-7-10-15)20(26)23-13-18(24)17(21)11-14(2)3/h5-7,9-10,14,16-18,24H,4,8,11-13,21H2,1-3H3,(H,22,25)(H,23,26)/t16?,17-,18?/m0/s1. The van der Waals surface area contributed by atoms with Gasteiger partial charge in [-0.2, -0.15) is 0 Å². The normalized spacial score (nSPS) is 14.5. The maximum Gasteiger partial charge on any atom is 0.232 e. The molecule has 2 unspecified atom stereocenters. The van der Waals surface area contributed by atoms with E-state index in [0.717, 1.165) is 5.56 Å². The van der Waals surface area contributed by atoms with E-state index in [-0.39, 0.29) is 18.4 Å². The van der Waals surface area contributed by atoms with E-state index in [1.54, 1.807) is 0 Å². The molecule has 6 heteroatoms. The maximum absolute atomic E-state index is 12.4. The van der Waals surface area contributed by atoms with E-state index in [0.29, 0.717) is 31.7 Å². The minimum atomic E-state index is -0.823. The Hall–Kier alpha value is -1.92. The highest BCUT2D eigenvalue weighted by Gasteiger charge is 2.26. The van der Waals surface area contributed by atoms with E-state index in [9.17, 15) is 14.7 Å². The number of aliphatic hydroxyl groups excluding tert-OH is 1. The zero-order chi connectivity index (χ0) is 19.5. The molecule has 0 saturated heterocycles. The molecule has 6 nitrogen and oxygen atoms in total. The van der Waals surface area contributed by atoms with Crippen molar-refractivity contribution in [3.63, 3.8) is 0 Å². The lowest BCUT2D eigenvalue weighted by atomic mass is 9.99. The number of carbonyl (C=O) groups is 2. The first-order chi connectivity index (χ1) is 12.3. The van der Waals surface area contributed by atoms with Gasteiger partial charge in [0.15, 0.2) is 0 Å². The number of aliphatic hydroxyl groups is 1. The summed E-state index contributed by atoms with van der Waals surface area (Å²) < 4.78 is 0. The molecular formula is C20H33N3O3. The molecule has 0 spiro atoms. The molecule has 3 atom stereocenters. The predicted octanol–water partition coefficient (Wildman–Crippen LogP) is 1.57. The summed E-state index contributed by atoms with van der Waals surface area (Å²) in [5.74, 6) is -1.06. The highest BCUT2D eigenvalue weighted by molar-refractivity contribution is 6.00. The average molecular weight is 364 g/mol. The molecule has 0 saturated carbocycles. The highest BCUT2D eigenvalue weighted by atomic mass is 16.3. The monoisotopic (exact) mass is 363 g/mol. The van der Waals surface area contributed by atoms with Crippen molar-refractivity contribution in [1.82, 2.24) is 10.6 Å². The lowest BCUT2D eigenvalue weighted by Crippen LogP contribution is -2.47. The Kier molecular flexibility index (Phi) is 9.91. The van der Waals surface area contributed by atoms with E-state index in [1.165, 1.54) is 0 Å². The molecule has 26 heavy (non-hydrogen) atoms. The first kappa shape index (κ1) is 22.1. The highest BCUT2D eigenvalue weighted by Crippen LogP contribution is 2.09. The van der Waals surface area contributed by atoms with Crippen LogP contribution in [-0.2, 0) is 16.1 Å². The Morgan fingerprint density at radius 1 is 1.12 bits per heavy atom. The molecule has 0 fully saturated rings. The van der Waals surface area contributed by atoms with Gasteiger partial charge in [0.2, 0.25) is 11.8 Å². The number of carbonyl (C=O) groups excluding carboxylic acids is 2. The summed E-state index contributed by atoms with van der Waals surface area (Å²) in [4.78, 5) is 24.8. The molecule has 0 bridgehead atoms. The number of nitrogens with two attached hydrogens (primary N) is 1. The van der Waals surface area contributed by atoms with Gasteiger partial charge in [-0.25, -0.2) is 0 Å². The quantitative estimate of drug-likeness (QED) is 0.448. The zero-order valence-electron chi connectivity index (χ0n) is 16.1. The molecule has 146 valence electrons. The summed E-state index contributed by atoms with van der Waals surface area (Å²) in [6.45, 7) is 6.42. The summed E-state index contributed by atoms with van der Waals surface area (Å²) in [6.07, 6.45) is 1.02. The number of benzene rings is 1. The summed E-state index contributed by atoms with van der Waals surface area (Å²) in [5, 5.41) is 15.6. The fraction of sp³-hybridized carbons (Fsp3) is 0.600. The van der Waals surface area contributed by atoms with Crippen LogP contribution < -0.4 is 16.4 Å². The van der Waals surface area contributed by atoms with Crippen molar-refractivity contribution in [1.29, 1.82) is 0 Å². The van der Waals surface area contributed by atoms with Crippen LogP contribution in [0.15, 0.2) is 30.3 Å². The summed E-state index contributed by atoms with van der Waals surface area (Å²) in [7, 11) is 0. The Morgan fingerprint density at radius 2 is 1.73 bits per heavy atom. The van der Waals surface area contributed by atoms with Gasteiger partial charge < -0.3 is 21.5 Å². The van der Waals surface area contributed by atoms with E-state index in [2.05, 4.69) is 10.6 Å². The molecule has 1 aromatic rings. The van der Waals surface area contributed by atoms with Gasteiger partial charge in [0.25, 0.3) is 0 Å². The van der Waals surface area contributed by atoms with E-state index >= 15 is 0 Å². The molecule has 2 amide bonds. The smallest absolute Gasteiger partial charge is 0.232 e. The molecule has 0 heterocycles. The van der Waals surface area contributed by atoms with Crippen molar-refractivity contribution >= 4 is 11.8 Å². The van der Waals surface area contributed by atoms with Crippen LogP contribution in [-0.4, -0.2) is 35.6 Å². The number of amides is 2. The second-order valence-corrected chi connectivity index (χ2v) is 7.15. The minimum absolute atomic E-state index is 0.0545. The SMILES string of the molecule is CCCC(C(=O)NCc1ccccc1)C(=O)NCC(O)[C@@H](N)CC(C)C. The zero-order valence-corrected chi connectivity index (χ0v) is 16.1. The average Bonchev–Trinajstić information content (AvgIpc) is 2.62. The summed E-state index contributed by atoms with van der Waals surface area (Å²) in [5.41, 5.74) is 6.91. The Labute approximate surface area is 156 Å². The van der Waals surface area contributed by atoms with Crippen LogP contribution in [0.25, 0.3) is 0 Å². The van der Waals surface area contributed by atoms with Crippen molar-refractivity contribution in [3.8, 4) is 0 Å². The fourth-order valence-electron chi connectivity index (χ4n) is 2.76. The van der Waals surface area contributed by atoms with Gasteiger partial charge in [0.05, 0.1) is 6.10 Å². The minimum Gasteiger partial charge on any atom is -0.390 e. The Balaban J connectivity index is 2.53. The molecule has 0 aliphatic carbocycles. The van der Waals surface area contributed by atoms with Crippen LogP contribution in [0, 0.1) is 11.8 Å². The van der Waals surface area contributed by atoms with E-state index < -0.39 is 18.1 Å². The van der Waals surface area contributed by atoms with Gasteiger partial charge >= 0.3 is 0 Å². The molecule has 5 N–H and O–H groups in total. The third-order valence-corrected chi connectivity index (χ3v) is 4.24. The van der Waals surface area contributed by atoms with E-state index in [1.807, 2.05) is 51.1 Å². The van der Waals surface area contributed by atoms with E-state index in [4.69, 9.17) is 5.73 Å². The fourth-order valence-corrected chi connectivity index (χ4v) is 2.76. The van der Waals surface area contributed by atoms with Gasteiger partial charge in [-0.05, 0) is 24.3 Å².